The Morgan fingerprint density at radius 1 is 1.11 bits per heavy atom. The molecule has 1 aliphatic rings. The molecule has 27 heavy (non-hydrogen) atoms. The normalized spacial score (nSPS) is 16.4. The van der Waals surface area contributed by atoms with E-state index in [2.05, 4.69) is 31.0 Å². The maximum absolute atomic E-state index is 13.3. The van der Waals surface area contributed by atoms with Crippen molar-refractivity contribution in [2.45, 2.75) is 19.9 Å². The molecular formula is C23H21FN2O. The molecule has 0 radical (unpaired) electrons. The highest BCUT2D eigenvalue weighted by atomic mass is 19.1. The molecule has 0 N–H and O–H groups in total. The van der Waals surface area contributed by atoms with Gasteiger partial charge in [-0.2, -0.15) is 0 Å². The van der Waals surface area contributed by atoms with Crippen molar-refractivity contribution in [3.05, 3.63) is 78.3 Å². The fourth-order valence-electron chi connectivity index (χ4n) is 3.56. The van der Waals surface area contributed by atoms with Crippen molar-refractivity contribution in [1.29, 1.82) is 0 Å². The molecular weight excluding hydrogens is 339 g/mol. The first kappa shape index (κ1) is 17.4. The minimum absolute atomic E-state index is 0.0531. The van der Waals surface area contributed by atoms with Gasteiger partial charge >= 0.3 is 0 Å². The van der Waals surface area contributed by atoms with Gasteiger partial charge in [0.15, 0.2) is 0 Å². The Balaban J connectivity index is 1.59. The van der Waals surface area contributed by atoms with Gasteiger partial charge in [-0.05, 0) is 41.8 Å². The van der Waals surface area contributed by atoms with Crippen LogP contribution in [-0.4, -0.2) is 28.4 Å². The van der Waals surface area contributed by atoms with Gasteiger partial charge in [-0.25, -0.2) is 4.39 Å². The Labute approximate surface area is 158 Å². The number of nitrogens with zero attached hydrogens (tertiary/aromatic N) is 2. The molecule has 0 aliphatic carbocycles. The number of benzene rings is 2. The molecule has 0 fully saturated rings. The Kier molecular flexibility index (Phi) is 4.48. The summed E-state index contributed by atoms with van der Waals surface area (Å²) in [5.41, 5.74) is 3.23. The van der Waals surface area contributed by atoms with Crippen LogP contribution in [0, 0.1) is 11.7 Å². The van der Waals surface area contributed by atoms with Gasteiger partial charge in [-0.15, -0.1) is 0 Å². The zero-order chi connectivity index (χ0) is 19.0. The minimum Gasteiger partial charge on any atom is -0.328 e. The number of pyridine rings is 1. The van der Waals surface area contributed by atoms with Gasteiger partial charge in [-0.1, -0.05) is 38.1 Å². The number of hydrogen-bond donors (Lipinski definition) is 0. The summed E-state index contributed by atoms with van der Waals surface area (Å²) in [5, 5.41) is 0.886. The van der Waals surface area contributed by atoms with Crippen LogP contribution in [0.5, 0.6) is 0 Å². The number of rotatable bonds is 3. The zero-order valence-electron chi connectivity index (χ0n) is 15.4. The molecule has 1 unspecified atom stereocenters. The summed E-state index contributed by atoms with van der Waals surface area (Å²) in [6.45, 7) is 4.92. The summed E-state index contributed by atoms with van der Waals surface area (Å²) in [7, 11) is 0. The van der Waals surface area contributed by atoms with Crippen molar-refractivity contribution >= 4 is 16.8 Å². The number of aromatic nitrogens is 1. The molecule has 3 nitrogen and oxygen atoms in total. The number of carbonyl (C=O) groups is 1. The van der Waals surface area contributed by atoms with Crippen LogP contribution in [0.4, 0.5) is 4.39 Å². The maximum atomic E-state index is 13.3. The molecule has 0 saturated carbocycles. The highest BCUT2D eigenvalue weighted by Crippen LogP contribution is 2.25. The Morgan fingerprint density at radius 3 is 2.63 bits per heavy atom. The molecule has 0 spiro atoms. The van der Waals surface area contributed by atoms with E-state index in [9.17, 15) is 9.18 Å². The van der Waals surface area contributed by atoms with Crippen LogP contribution in [0.15, 0.2) is 66.9 Å². The van der Waals surface area contributed by atoms with Crippen LogP contribution in [0.1, 0.15) is 24.2 Å². The van der Waals surface area contributed by atoms with E-state index >= 15 is 0 Å². The third-order valence-electron chi connectivity index (χ3n) is 5.05. The van der Waals surface area contributed by atoms with Crippen LogP contribution in [0.3, 0.4) is 0 Å². The largest absolute Gasteiger partial charge is 0.328 e. The Hall–Kier alpha value is -3.01. The average Bonchev–Trinajstić information content (AvgIpc) is 3.17. The van der Waals surface area contributed by atoms with Gasteiger partial charge in [0.1, 0.15) is 5.82 Å². The lowest BCUT2D eigenvalue weighted by Crippen LogP contribution is -2.38. The molecule has 0 bridgehead atoms. The van der Waals surface area contributed by atoms with E-state index in [0.717, 1.165) is 16.5 Å². The molecule has 1 aliphatic heterocycles. The first-order chi connectivity index (χ1) is 13.0. The number of halogens is 1. The number of fused-ring (bicyclic) bond motifs is 1. The van der Waals surface area contributed by atoms with Gasteiger partial charge in [0, 0.05) is 35.3 Å². The van der Waals surface area contributed by atoms with E-state index in [4.69, 9.17) is 0 Å². The van der Waals surface area contributed by atoms with Crippen LogP contribution in [0.25, 0.3) is 22.0 Å². The Bertz CT molecular complexity index is 1020. The predicted octanol–water partition coefficient (Wildman–Crippen LogP) is 5.08. The van der Waals surface area contributed by atoms with Gasteiger partial charge in [0.25, 0.3) is 5.91 Å². The van der Waals surface area contributed by atoms with Crippen molar-refractivity contribution in [2.24, 2.45) is 5.92 Å². The molecule has 4 heteroatoms. The quantitative estimate of drug-likeness (QED) is 0.611. The molecule has 1 aromatic heterocycles. The van der Waals surface area contributed by atoms with Gasteiger partial charge in [-0.3, -0.25) is 9.78 Å². The van der Waals surface area contributed by atoms with Crippen molar-refractivity contribution in [3.63, 3.8) is 0 Å². The van der Waals surface area contributed by atoms with Crippen molar-refractivity contribution < 1.29 is 9.18 Å². The summed E-state index contributed by atoms with van der Waals surface area (Å²) in [6.07, 6.45) is 5.90. The lowest BCUT2D eigenvalue weighted by molar-refractivity contribution is 0.0720. The lowest BCUT2D eigenvalue weighted by atomic mass is 10.0. The minimum atomic E-state index is -0.290. The molecule has 0 saturated heterocycles. The maximum Gasteiger partial charge on any atom is 0.254 e. The second kappa shape index (κ2) is 6.95. The van der Waals surface area contributed by atoms with E-state index in [0.29, 0.717) is 23.5 Å². The highest BCUT2D eigenvalue weighted by Gasteiger charge is 2.27. The second-order valence-electron chi connectivity index (χ2n) is 7.26. The van der Waals surface area contributed by atoms with Crippen LogP contribution in [-0.2, 0) is 0 Å². The van der Waals surface area contributed by atoms with Gasteiger partial charge < -0.3 is 4.90 Å². The molecule has 136 valence electrons. The third kappa shape index (κ3) is 3.35. The average molecular weight is 360 g/mol. The highest BCUT2D eigenvalue weighted by molar-refractivity contribution is 5.95. The number of amides is 1. The summed E-state index contributed by atoms with van der Waals surface area (Å²) in [6, 6.07) is 14.3. The summed E-state index contributed by atoms with van der Waals surface area (Å²) >= 11 is 0. The summed E-state index contributed by atoms with van der Waals surface area (Å²) in [5.74, 6) is 0.152. The van der Waals surface area contributed by atoms with Crippen LogP contribution >= 0.6 is 0 Å². The topological polar surface area (TPSA) is 33.2 Å². The predicted molar refractivity (Wildman–Crippen MR) is 106 cm³/mol. The molecule has 1 atom stereocenters. The second-order valence-corrected chi connectivity index (χ2v) is 7.26. The van der Waals surface area contributed by atoms with Gasteiger partial charge in [0.2, 0.25) is 0 Å². The first-order valence-electron chi connectivity index (χ1n) is 9.16. The Morgan fingerprint density at radius 2 is 1.89 bits per heavy atom. The third-order valence-corrected chi connectivity index (χ3v) is 5.05. The molecule has 2 aromatic carbocycles. The lowest BCUT2D eigenvalue weighted by Gasteiger charge is -2.27. The van der Waals surface area contributed by atoms with Crippen LogP contribution < -0.4 is 0 Å². The van der Waals surface area contributed by atoms with Gasteiger partial charge in [0.05, 0.1) is 11.6 Å². The summed E-state index contributed by atoms with van der Waals surface area (Å²) in [4.78, 5) is 19.1. The van der Waals surface area contributed by atoms with Crippen LogP contribution in [0.2, 0.25) is 0 Å². The SMILES string of the molecule is CC(C)C1C=CCN1C(=O)c1ccc(-c2cnc3cc(F)ccc3c2)cc1. The van der Waals surface area contributed by atoms with E-state index < -0.39 is 0 Å². The fourth-order valence-corrected chi connectivity index (χ4v) is 3.56. The van der Waals surface area contributed by atoms with Crippen molar-refractivity contribution in [2.75, 3.05) is 6.54 Å². The summed E-state index contributed by atoms with van der Waals surface area (Å²) < 4.78 is 13.3. The van der Waals surface area contributed by atoms with Crippen molar-refractivity contribution in [3.8, 4) is 11.1 Å². The molecule has 1 amide bonds. The zero-order valence-corrected chi connectivity index (χ0v) is 15.4. The van der Waals surface area contributed by atoms with E-state index in [1.54, 1.807) is 12.3 Å². The van der Waals surface area contributed by atoms with E-state index in [1.165, 1.54) is 12.1 Å². The fraction of sp³-hybridized carbons (Fsp3) is 0.217. The van der Waals surface area contributed by atoms with Crippen molar-refractivity contribution in [1.82, 2.24) is 9.88 Å². The first-order valence-corrected chi connectivity index (χ1v) is 9.16. The van der Waals surface area contributed by atoms with E-state index in [1.807, 2.05) is 35.2 Å². The molecule has 4 rings (SSSR count). The number of carbonyl (C=O) groups excluding carboxylic acids is 1. The van der Waals surface area contributed by atoms with E-state index in [-0.39, 0.29) is 17.8 Å². The standard InChI is InChI=1S/C23H21FN2O/c1-15(2)22-4-3-11-26(22)23(27)17-7-5-16(6-8-17)19-12-18-9-10-20(24)13-21(18)25-14-19/h3-10,12-15,22H,11H2,1-2H3. The smallest absolute Gasteiger partial charge is 0.254 e. The monoisotopic (exact) mass is 360 g/mol. The molecule has 2 heterocycles. The number of hydrogen-bond acceptors (Lipinski definition) is 2. The molecule has 3 aromatic rings.